The molecule has 2 heterocycles. The highest BCUT2D eigenvalue weighted by Crippen LogP contribution is 2.31. The second-order valence-corrected chi connectivity index (χ2v) is 7.38. The van der Waals surface area contributed by atoms with E-state index < -0.39 is 5.97 Å². The fourth-order valence-corrected chi connectivity index (χ4v) is 3.70. The normalized spacial score (nSPS) is 11.3. The van der Waals surface area contributed by atoms with Crippen molar-refractivity contribution in [3.8, 4) is 17.6 Å². The monoisotopic (exact) mass is 415 g/mol. The van der Waals surface area contributed by atoms with Crippen LogP contribution in [0.3, 0.4) is 0 Å². The summed E-state index contributed by atoms with van der Waals surface area (Å²) >= 11 is 1.31. The number of para-hydroxylation sites is 2. The molecule has 0 bridgehead atoms. The lowest BCUT2D eigenvalue weighted by Crippen LogP contribution is -2.07. The number of thiophene rings is 1. The number of hydrogen-bond donors (Lipinski definition) is 0. The van der Waals surface area contributed by atoms with Crippen LogP contribution in [-0.2, 0) is 7.05 Å². The van der Waals surface area contributed by atoms with Gasteiger partial charge in [-0.05, 0) is 47.4 Å². The summed E-state index contributed by atoms with van der Waals surface area (Å²) in [6.45, 7) is 0. The summed E-state index contributed by atoms with van der Waals surface area (Å²) in [7, 11) is 3.38. The predicted molar refractivity (Wildman–Crippen MR) is 116 cm³/mol. The van der Waals surface area contributed by atoms with Gasteiger partial charge in [0.15, 0.2) is 17.3 Å². The van der Waals surface area contributed by atoms with Crippen molar-refractivity contribution >= 4 is 40.0 Å². The van der Waals surface area contributed by atoms with E-state index in [1.807, 2.05) is 41.3 Å². The van der Waals surface area contributed by atoms with Crippen LogP contribution in [0.25, 0.3) is 22.7 Å². The molecule has 0 saturated heterocycles. The van der Waals surface area contributed by atoms with E-state index in [1.165, 1.54) is 18.4 Å². The summed E-state index contributed by atoms with van der Waals surface area (Å²) < 4.78 is 12.7. The molecular weight excluding hydrogens is 398 g/mol. The lowest BCUT2D eigenvalue weighted by molar-refractivity contribution is 0.0735. The summed E-state index contributed by atoms with van der Waals surface area (Å²) in [5.74, 6) is 0.847. The SMILES string of the molecule is COc1cc(C=C(C#N)c2nc3ccccc3n2C)ccc1OC(=O)c1cccs1. The van der Waals surface area contributed by atoms with E-state index in [9.17, 15) is 10.1 Å². The molecule has 2 aromatic heterocycles. The minimum atomic E-state index is -0.441. The Morgan fingerprint density at radius 3 is 2.70 bits per heavy atom. The Labute approximate surface area is 177 Å². The minimum absolute atomic E-state index is 0.314. The van der Waals surface area contributed by atoms with Crippen LogP contribution in [0.2, 0.25) is 0 Å². The van der Waals surface area contributed by atoms with Gasteiger partial charge in [0, 0.05) is 7.05 Å². The van der Waals surface area contributed by atoms with E-state index in [0.717, 1.165) is 16.6 Å². The van der Waals surface area contributed by atoms with Crippen LogP contribution >= 0.6 is 11.3 Å². The van der Waals surface area contributed by atoms with Crippen LogP contribution in [0.1, 0.15) is 21.1 Å². The Kier molecular flexibility index (Phi) is 5.33. The number of carbonyl (C=O) groups is 1. The average molecular weight is 415 g/mol. The first-order valence-corrected chi connectivity index (χ1v) is 9.96. The molecule has 2 aromatic carbocycles. The summed E-state index contributed by atoms with van der Waals surface area (Å²) in [6, 6.07) is 18.6. The van der Waals surface area contributed by atoms with E-state index in [1.54, 1.807) is 36.4 Å². The van der Waals surface area contributed by atoms with Gasteiger partial charge in [0.25, 0.3) is 0 Å². The van der Waals surface area contributed by atoms with Gasteiger partial charge in [0.2, 0.25) is 0 Å². The first-order valence-electron chi connectivity index (χ1n) is 9.08. The van der Waals surface area contributed by atoms with Gasteiger partial charge >= 0.3 is 5.97 Å². The van der Waals surface area contributed by atoms with Crippen molar-refractivity contribution in [3.05, 3.63) is 76.2 Å². The van der Waals surface area contributed by atoms with Crippen LogP contribution in [0, 0.1) is 11.3 Å². The number of ether oxygens (including phenoxy) is 2. The number of carbonyl (C=O) groups excluding carboxylic acids is 1. The van der Waals surface area contributed by atoms with Crippen LogP contribution in [0.5, 0.6) is 11.5 Å². The lowest BCUT2D eigenvalue weighted by atomic mass is 10.1. The maximum Gasteiger partial charge on any atom is 0.353 e. The standard InChI is InChI=1S/C23H17N3O3S/c1-26-18-7-4-3-6-17(18)25-22(26)16(14-24)12-15-9-10-19(20(13-15)28-2)29-23(27)21-8-5-11-30-21/h3-13H,1-2H3. The maximum absolute atomic E-state index is 12.2. The number of fused-ring (bicyclic) bond motifs is 1. The number of hydrogen-bond acceptors (Lipinski definition) is 6. The van der Waals surface area contributed by atoms with E-state index >= 15 is 0 Å². The highest BCUT2D eigenvalue weighted by atomic mass is 32.1. The molecular formula is C23H17N3O3S. The molecule has 0 amide bonds. The van der Waals surface area contributed by atoms with Crippen molar-refractivity contribution in [1.29, 1.82) is 5.26 Å². The zero-order chi connectivity index (χ0) is 21.1. The zero-order valence-electron chi connectivity index (χ0n) is 16.3. The predicted octanol–water partition coefficient (Wildman–Crippen LogP) is 4.93. The largest absolute Gasteiger partial charge is 0.493 e. The van der Waals surface area contributed by atoms with Crippen molar-refractivity contribution in [2.45, 2.75) is 0 Å². The van der Waals surface area contributed by atoms with Gasteiger partial charge in [-0.25, -0.2) is 9.78 Å². The highest BCUT2D eigenvalue weighted by molar-refractivity contribution is 7.12. The molecule has 0 unspecified atom stereocenters. The molecule has 0 saturated carbocycles. The smallest absolute Gasteiger partial charge is 0.353 e. The van der Waals surface area contributed by atoms with Gasteiger partial charge in [-0.3, -0.25) is 0 Å². The van der Waals surface area contributed by atoms with Gasteiger partial charge < -0.3 is 14.0 Å². The van der Waals surface area contributed by atoms with Crippen LogP contribution in [-0.4, -0.2) is 22.6 Å². The molecule has 4 aromatic rings. The third-order valence-electron chi connectivity index (χ3n) is 4.57. The second kappa shape index (κ2) is 8.23. The molecule has 0 aliphatic rings. The highest BCUT2D eigenvalue weighted by Gasteiger charge is 2.15. The van der Waals surface area contributed by atoms with Gasteiger partial charge in [-0.2, -0.15) is 5.26 Å². The van der Waals surface area contributed by atoms with Crippen molar-refractivity contribution in [2.24, 2.45) is 7.05 Å². The average Bonchev–Trinajstić information content (AvgIpc) is 3.42. The quantitative estimate of drug-likeness (QED) is 0.262. The molecule has 0 aliphatic heterocycles. The van der Waals surface area contributed by atoms with E-state index in [4.69, 9.17) is 9.47 Å². The number of allylic oxidation sites excluding steroid dienone is 1. The van der Waals surface area contributed by atoms with Gasteiger partial charge in [-0.1, -0.05) is 24.3 Å². The number of aromatic nitrogens is 2. The number of aryl methyl sites for hydroxylation is 1. The third-order valence-corrected chi connectivity index (χ3v) is 5.42. The number of nitrogens with zero attached hydrogens (tertiary/aromatic N) is 3. The fourth-order valence-electron chi connectivity index (χ4n) is 3.10. The van der Waals surface area contributed by atoms with Crippen LogP contribution in [0.15, 0.2) is 60.0 Å². The zero-order valence-corrected chi connectivity index (χ0v) is 17.1. The third kappa shape index (κ3) is 3.69. The Morgan fingerprint density at radius 2 is 2.00 bits per heavy atom. The van der Waals surface area contributed by atoms with E-state index in [2.05, 4.69) is 11.1 Å². The van der Waals surface area contributed by atoms with E-state index in [-0.39, 0.29) is 0 Å². The van der Waals surface area contributed by atoms with Crippen LogP contribution < -0.4 is 9.47 Å². The molecule has 0 radical (unpaired) electrons. The Morgan fingerprint density at radius 1 is 1.17 bits per heavy atom. The number of methoxy groups -OCH3 is 1. The molecule has 4 rings (SSSR count). The van der Waals surface area contributed by atoms with Gasteiger partial charge in [-0.15, -0.1) is 11.3 Å². The lowest BCUT2D eigenvalue weighted by Gasteiger charge is -2.09. The van der Waals surface area contributed by atoms with Gasteiger partial charge in [0.05, 0.1) is 23.7 Å². The molecule has 148 valence electrons. The molecule has 7 heteroatoms. The minimum Gasteiger partial charge on any atom is -0.493 e. The Balaban J connectivity index is 1.67. The number of rotatable bonds is 5. The summed E-state index contributed by atoms with van der Waals surface area (Å²) in [5, 5.41) is 11.5. The topological polar surface area (TPSA) is 77.1 Å². The van der Waals surface area contributed by atoms with E-state index in [0.29, 0.717) is 27.8 Å². The number of esters is 1. The second-order valence-electron chi connectivity index (χ2n) is 6.43. The Bertz CT molecular complexity index is 1300. The molecule has 0 atom stereocenters. The first kappa shape index (κ1) is 19.4. The summed E-state index contributed by atoms with van der Waals surface area (Å²) in [4.78, 5) is 17.3. The number of imidazole rings is 1. The molecule has 6 nitrogen and oxygen atoms in total. The molecule has 0 aliphatic carbocycles. The van der Waals surface area contributed by atoms with Crippen molar-refractivity contribution in [1.82, 2.24) is 9.55 Å². The molecule has 30 heavy (non-hydrogen) atoms. The number of nitriles is 1. The summed E-state index contributed by atoms with van der Waals surface area (Å²) in [5.41, 5.74) is 2.91. The Hall–Kier alpha value is -3.89. The number of benzene rings is 2. The van der Waals surface area contributed by atoms with Crippen molar-refractivity contribution in [3.63, 3.8) is 0 Å². The van der Waals surface area contributed by atoms with Crippen molar-refractivity contribution in [2.75, 3.05) is 7.11 Å². The maximum atomic E-state index is 12.2. The van der Waals surface area contributed by atoms with Crippen LogP contribution in [0.4, 0.5) is 0 Å². The molecule has 0 spiro atoms. The summed E-state index contributed by atoms with van der Waals surface area (Å²) in [6.07, 6.45) is 1.73. The first-order chi connectivity index (χ1) is 14.6. The van der Waals surface area contributed by atoms with Gasteiger partial charge in [0.1, 0.15) is 10.9 Å². The fraction of sp³-hybridized carbons (Fsp3) is 0.0870. The van der Waals surface area contributed by atoms with Crippen molar-refractivity contribution < 1.29 is 14.3 Å². The molecule has 0 N–H and O–H groups in total. The molecule has 0 fully saturated rings.